The lowest BCUT2D eigenvalue weighted by atomic mass is 9.92. The van der Waals surface area contributed by atoms with Gasteiger partial charge in [0.1, 0.15) is 5.82 Å². The number of nitriles is 1. The molecule has 0 spiro atoms. The average Bonchev–Trinajstić information content (AvgIpc) is 3.27. The van der Waals surface area contributed by atoms with Crippen molar-refractivity contribution in [1.29, 1.82) is 5.26 Å². The van der Waals surface area contributed by atoms with Crippen LogP contribution in [0.15, 0.2) is 42.5 Å². The fourth-order valence-corrected chi connectivity index (χ4v) is 6.18. The van der Waals surface area contributed by atoms with Crippen LogP contribution < -0.4 is 5.32 Å². The highest BCUT2D eigenvalue weighted by Crippen LogP contribution is 2.65. The Hall–Kier alpha value is -3.16. The summed E-state index contributed by atoms with van der Waals surface area (Å²) in [6.07, 6.45) is -2.18. The number of rotatable bonds is 6. The highest BCUT2D eigenvalue weighted by molar-refractivity contribution is 5.89. The topological polar surface area (TPSA) is 79.6 Å². The van der Waals surface area contributed by atoms with Gasteiger partial charge in [-0.2, -0.15) is 18.4 Å². The first-order chi connectivity index (χ1) is 17.6. The Labute approximate surface area is 212 Å². The summed E-state index contributed by atoms with van der Waals surface area (Å²) < 4.78 is 53.4. The van der Waals surface area contributed by atoms with Crippen LogP contribution in [0.3, 0.4) is 0 Å². The lowest BCUT2D eigenvalue weighted by Crippen LogP contribution is -2.47. The van der Waals surface area contributed by atoms with E-state index >= 15 is 0 Å². The first-order valence-electron chi connectivity index (χ1n) is 12.5. The molecule has 3 aliphatic rings. The molecule has 1 unspecified atom stereocenters. The highest BCUT2D eigenvalue weighted by Gasteiger charge is 2.64. The molecule has 37 heavy (non-hydrogen) atoms. The molecule has 5 rings (SSSR count). The third-order valence-electron chi connectivity index (χ3n) is 8.14. The zero-order valence-electron chi connectivity index (χ0n) is 20.1. The molecule has 0 bridgehead atoms. The summed E-state index contributed by atoms with van der Waals surface area (Å²) in [6, 6.07) is 11.5. The van der Waals surface area contributed by atoms with Gasteiger partial charge in [-0.05, 0) is 67.5 Å². The Kier molecular flexibility index (Phi) is 6.62. The Bertz CT molecular complexity index is 1230. The number of halogens is 4. The predicted octanol–water partition coefficient (Wildman–Crippen LogP) is 4.74. The number of urea groups is 1. The largest absolute Gasteiger partial charge is 0.419 e. The molecule has 1 saturated heterocycles. The maximum Gasteiger partial charge on any atom is 0.419 e. The minimum absolute atomic E-state index is 0.112. The molecule has 6 nitrogen and oxygen atoms in total. The van der Waals surface area contributed by atoms with Gasteiger partial charge in [0.15, 0.2) is 0 Å². The SMILES string of the molecule is N#Cc1cccc([C@@]23CCC(N(CCN4CC[C@@H](O)C4)C(=O)Nc4ccc(F)c(C(F)(F)F)c4)[C@@H]2C3)c1. The van der Waals surface area contributed by atoms with Crippen molar-refractivity contribution < 1.29 is 27.5 Å². The van der Waals surface area contributed by atoms with E-state index in [9.17, 15) is 32.7 Å². The van der Waals surface area contributed by atoms with E-state index in [1.807, 2.05) is 18.2 Å². The van der Waals surface area contributed by atoms with Crippen LogP contribution in [0, 0.1) is 23.1 Å². The lowest BCUT2D eigenvalue weighted by molar-refractivity contribution is -0.139. The molecule has 0 radical (unpaired) electrons. The molecular formula is C27H28F4N4O2. The first-order valence-corrected chi connectivity index (χ1v) is 12.5. The number of anilines is 1. The van der Waals surface area contributed by atoms with E-state index in [-0.39, 0.29) is 23.1 Å². The normalized spacial score (nSPS) is 27.0. The van der Waals surface area contributed by atoms with Gasteiger partial charge in [-0.1, -0.05) is 12.1 Å². The fraction of sp³-hybridized carbons (Fsp3) is 0.481. The summed E-state index contributed by atoms with van der Waals surface area (Å²) in [4.78, 5) is 17.2. The van der Waals surface area contributed by atoms with E-state index in [1.54, 1.807) is 11.0 Å². The minimum Gasteiger partial charge on any atom is -0.392 e. The second-order valence-corrected chi connectivity index (χ2v) is 10.3. The number of nitrogens with one attached hydrogen (secondary N) is 1. The van der Waals surface area contributed by atoms with Crippen molar-refractivity contribution in [1.82, 2.24) is 9.80 Å². The van der Waals surface area contributed by atoms with E-state index < -0.39 is 29.7 Å². The molecule has 196 valence electrons. The maximum atomic E-state index is 13.8. The van der Waals surface area contributed by atoms with Crippen molar-refractivity contribution in [3.05, 3.63) is 65.0 Å². The number of fused-ring (bicyclic) bond motifs is 1. The van der Waals surface area contributed by atoms with Crippen LogP contribution in [0.2, 0.25) is 0 Å². The van der Waals surface area contributed by atoms with Gasteiger partial charge >= 0.3 is 12.2 Å². The number of β-amino-alcohol motifs (C(OH)–C–C–N with tert-alkyl or cyclic N) is 1. The van der Waals surface area contributed by atoms with Crippen LogP contribution in [0.5, 0.6) is 0 Å². The molecule has 2 aromatic carbocycles. The smallest absolute Gasteiger partial charge is 0.392 e. The summed E-state index contributed by atoms with van der Waals surface area (Å²) in [5.74, 6) is -1.22. The van der Waals surface area contributed by atoms with Crippen LogP contribution in [-0.4, -0.2) is 59.3 Å². The molecule has 2 N–H and O–H groups in total. The summed E-state index contributed by atoms with van der Waals surface area (Å²) in [5.41, 5.74) is -0.000932. The molecule has 10 heteroatoms. The number of likely N-dealkylation sites (tertiary alicyclic amines) is 1. The van der Waals surface area contributed by atoms with Gasteiger partial charge in [-0.15, -0.1) is 0 Å². The van der Waals surface area contributed by atoms with Crippen molar-refractivity contribution in [2.75, 3.05) is 31.5 Å². The van der Waals surface area contributed by atoms with E-state index in [0.29, 0.717) is 50.3 Å². The summed E-state index contributed by atoms with van der Waals surface area (Å²) >= 11 is 0. The second kappa shape index (κ2) is 9.62. The number of alkyl halides is 3. The lowest BCUT2D eigenvalue weighted by Gasteiger charge is -2.32. The Morgan fingerprint density at radius 3 is 2.73 bits per heavy atom. The van der Waals surface area contributed by atoms with Gasteiger partial charge in [0, 0.05) is 43.3 Å². The minimum atomic E-state index is -4.88. The Balaban J connectivity index is 1.36. The Morgan fingerprint density at radius 1 is 1.24 bits per heavy atom. The summed E-state index contributed by atoms with van der Waals surface area (Å²) in [7, 11) is 0. The zero-order valence-corrected chi connectivity index (χ0v) is 20.1. The van der Waals surface area contributed by atoms with Gasteiger partial charge < -0.3 is 15.3 Å². The first kappa shape index (κ1) is 25.5. The number of amides is 2. The molecular weight excluding hydrogens is 488 g/mol. The van der Waals surface area contributed by atoms with Gasteiger partial charge in [0.05, 0.1) is 23.3 Å². The summed E-state index contributed by atoms with van der Waals surface area (Å²) in [5, 5.41) is 21.7. The number of hydrogen-bond acceptors (Lipinski definition) is 4. The number of nitrogens with zero attached hydrogens (tertiary/aromatic N) is 3. The molecule has 4 atom stereocenters. The molecule has 1 aliphatic heterocycles. The number of aliphatic hydroxyl groups is 1. The average molecular weight is 517 g/mol. The number of carbonyl (C=O) groups excluding carboxylic acids is 1. The van der Waals surface area contributed by atoms with Gasteiger partial charge in [-0.3, -0.25) is 4.90 Å². The highest BCUT2D eigenvalue weighted by atomic mass is 19.4. The van der Waals surface area contributed by atoms with E-state index in [1.165, 1.54) is 0 Å². The van der Waals surface area contributed by atoms with Crippen LogP contribution in [0.25, 0.3) is 0 Å². The van der Waals surface area contributed by atoms with Crippen LogP contribution in [0.1, 0.15) is 42.4 Å². The second-order valence-electron chi connectivity index (χ2n) is 10.3. The molecule has 0 aromatic heterocycles. The number of carbonyl (C=O) groups is 1. The Morgan fingerprint density at radius 2 is 2.05 bits per heavy atom. The number of aliphatic hydroxyl groups excluding tert-OH is 1. The van der Waals surface area contributed by atoms with Gasteiger partial charge in [-0.25, -0.2) is 9.18 Å². The van der Waals surface area contributed by atoms with Crippen LogP contribution in [0.4, 0.5) is 28.0 Å². The predicted molar refractivity (Wildman–Crippen MR) is 128 cm³/mol. The van der Waals surface area contributed by atoms with Crippen LogP contribution in [-0.2, 0) is 11.6 Å². The molecule has 2 saturated carbocycles. The van der Waals surface area contributed by atoms with Crippen molar-refractivity contribution in [2.45, 2.75) is 49.4 Å². The third-order valence-corrected chi connectivity index (χ3v) is 8.14. The quantitative estimate of drug-likeness (QED) is 0.544. The monoisotopic (exact) mass is 516 g/mol. The van der Waals surface area contributed by atoms with Crippen molar-refractivity contribution in [3.8, 4) is 6.07 Å². The summed E-state index contributed by atoms with van der Waals surface area (Å²) in [6.45, 7) is 2.10. The van der Waals surface area contributed by atoms with E-state index in [4.69, 9.17) is 0 Å². The van der Waals surface area contributed by atoms with Gasteiger partial charge in [0.25, 0.3) is 0 Å². The number of benzene rings is 2. The molecule has 2 amide bonds. The standard InChI is InChI=1S/C27H28F4N4O2/c28-23-5-4-19(13-21(23)27(29,30)31)33-25(37)35(11-10-34-9-7-20(36)16-34)24-6-8-26(14-22(24)26)18-3-1-2-17(12-18)15-32/h1-5,12-13,20,22,24,36H,6-11,14,16H2,(H,33,37)/t20-,22+,24?,26+/m1/s1. The molecule has 1 heterocycles. The van der Waals surface area contributed by atoms with E-state index in [0.717, 1.165) is 30.9 Å². The number of hydrogen-bond donors (Lipinski definition) is 2. The van der Waals surface area contributed by atoms with Crippen molar-refractivity contribution >= 4 is 11.7 Å². The van der Waals surface area contributed by atoms with Crippen molar-refractivity contribution in [3.63, 3.8) is 0 Å². The van der Waals surface area contributed by atoms with Gasteiger partial charge in [0.2, 0.25) is 0 Å². The molecule has 3 fully saturated rings. The maximum absolute atomic E-state index is 13.8. The molecule has 2 aliphatic carbocycles. The van der Waals surface area contributed by atoms with Crippen molar-refractivity contribution in [2.24, 2.45) is 5.92 Å². The van der Waals surface area contributed by atoms with E-state index in [2.05, 4.69) is 16.3 Å². The zero-order chi connectivity index (χ0) is 26.4. The molecule has 2 aromatic rings. The van der Waals surface area contributed by atoms with Crippen LogP contribution >= 0.6 is 0 Å². The fourth-order valence-electron chi connectivity index (χ4n) is 6.18. The third kappa shape index (κ3) is 5.03.